The van der Waals surface area contributed by atoms with E-state index in [0.717, 1.165) is 18.4 Å². The predicted octanol–water partition coefficient (Wildman–Crippen LogP) is 4.48. The van der Waals surface area contributed by atoms with Crippen LogP contribution in [0.5, 0.6) is 0 Å². The summed E-state index contributed by atoms with van der Waals surface area (Å²) in [6.45, 7) is 5.53. The number of aromatic nitrogens is 1. The Morgan fingerprint density at radius 1 is 1.16 bits per heavy atom. The van der Waals surface area contributed by atoms with Crippen molar-refractivity contribution in [1.82, 2.24) is 9.88 Å². The van der Waals surface area contributed by atoms with E-state index in [1.54, 1.807) is 6.07 Å². The lowest BCUT2D eigenvalue weighted by atomic mass is 9.96. The Morgan fingerprint density at radius 3 is 2.48 bits per heavy atom. The van der Waals surface area contributed by atoms with Gasteiger partial charge in [0.1, 0.15) is 11.3 Å². The summed E-state index contributed by atoms with van der Waals surface area (Å²) in [5.41, 5.74) is 7.82. The van der Waals surface area contributed by atoms with Crippen molar-refractivity contribution in [2.75, 3.05) is 13.1 Å². The molecular formula is C24H26FN3O3. The molecule has 7 heteroatoms. The first-order valence-electron chi connectivity index (χ1n) is 10.6. The van der Waals surface area contributed by atoms with Crippen molar-refractivity contribution in [3.8, 4) is 11.1 Å². The molecule has 1 fully saturated rings. The van der Waals surface area contributed by atoms with Gasteiger partial charge in [0.25, 0.3) is 5.91 Å². The fourth-order valence-corrected chi connectivity index (χ4v) is 4.05. The summed E-state index contributed by atoms with van der Waals surface area (Å²) >= 11 is 0. The molecule has 0 aliphatic carbocycles. The van der Waals surface area contributed by atoms with Crippen LogP contribution in [0.2, 0.25) is 0 Å². The molecule has 0 saturated carbocycles. The predicted molar refractivity (Wildman–Crippen MR) is 116 cm³/mol. The van der Waals surface area contributed by atoms with Crippen molar-refractivity contribution in [3.05, 3.63) is 53.7 Å². The highest BCUT2D eigenvalue weighted by Gasteiger charge is 2.27. The van der Waals surface area contributed by atoms with E-state index >= 15 is 0 Å². The van der Waals surface area contributed by atoms with Crippen molar-refractivity contribution in [1.29, 1.82) is 0 Å². The molecule has 1 saturated heterocycles. The lowest BCUT2D eigenvalue weighted by Crippen LogP contribution is -2.38. The van der Waals surface area contributed by atoms with Gasteiger partial charge in [-0.2, -0.15) is 0 Å². The molecule has 3 aromatic rings. The molecule has 0 bridgehead atoms. The second kappa shape index (κ2) is 8.49. The van der Waals surface area contributed by atoms with Gasteiger partial charge < -0.3 is 15.1 Å². The Balaban J connectivity index is 1.50. The van der Waals surface area contributed by atoms with Crippen LogP contribution in [0.4, 0.5) is 4.39 Å². The number of nitrogens with zero attached hydrogens (tertiary/aromatic N) is 2. The Labute approximate surface area is 180 Å². The first kappa shape index (κ1) is 21.0. The third-order valence-electron chi connectivity index (χ3n) is 5.75. The Hall–Kier alpha value is -3.22. The van der Waals surface area contributed by atoms with Crippen LogP contribution in [0.15, 0.2) is 40.8 Å². The SMILES string of the molecule is CC(C)CC(=O)N1CCC(c2nc3cc(-c4ccc(C(N)=O)c(F)c4)ccc3o2)CC1. The zero-order valence-corrected chi connectivity index (χ0v) is 17.7. The summed E-state index contributed by atoms with van der Waals surface area (Å²) in [5.74, 6) is -0.0194. The van der Waals surface area contributed by atoms with E-state index in [9.17, 15) is 14.0 Å². The van der Waals surface area contributed by atoms with Gasteiger partial charge in [0.15, 0.2) is 11.5 Å². The summed E-state index contributed by atoms with van der Waals surface area (Å²) in [6, 6.07) is 9.86. The number of halogens is 1. The number of fused-ring (bicyclic) bond motifs is 1. The highest BCUT2D eigenvalue weighted by molar-refractivity contribution is 5.93. The van der Waals surface area contributed by atoms with Crippen molar-refractivity contribution < 1.29 is 18.4 Å². The first-order valence-corrected chi connectivity index (χ1v) is 10.6. The van der Waals surface area contributed by atoms with E-state index in [0.29, 0.717) is 48.0 Å². The Bertz CT molecular complexity index is 1130. The van der Waals surface area contributed by atoms with Crippen molar-refractivity contribution in [2.45, 2.75) is 39.0 Å². The Morgan fingerprint density at radius 2 is 1.84 bits per heavy atom. The van der Waals surface area contributed by atoms with Gasteiger partial charge in [0, 0.05) is 25.4 Å². The molecule has 0 atom stereocenters. The van der Waals surface area contributed by atoms with Gasteiger partial charge in [-0.15, -0.1) is 0 Å². The second-order valence-electron chi connectivity index (χ2n) is 8.55. The number of oxazole rings is 1. The van der Waals surface area contributed by atoms with Crippen LogP contribution in [-0.2, 0) is 4.79 Å². The molecule has 2 heterocycles. The molecule has 2 N–H and O–H groups in total. The number of benzene rings is 2. The van der Waals surface area contributed by atoms with Crippen LogP contribution in [0, 0.1) is 11.7 Å². The summed E-state index contributed by atoms with van der Waals surface area (Å²) in [4.78, 5) is 30.1. The fourth-order valence-electron chi connectivity index (χ4n) is 4.05. The monoisotopic (exact) mass is 423 g/mol. The largest absolute Gasteiger partial charge is 0.440 e. The number of carbonyl (C=O) groups is 2. The highest BCUT2D eigenvalue weighted by atomic mass is 19.1. The zero-order valence-electron chi connectivity index (χ0n) is 17.7. The minimum Gasteiger partial charge on any atom is -0.440 e. The van der Waals surface area contributed by atoms with Gasteiger partial charge in [0.05, 0.1) is 5.56 Å². The van der Waals surface area contributed by atoms with E-state index in [1.165, 1.54) is 12.1 Å². The topological polar surface area (TPSA) is 89.4 Å². The summed E-state index contributed by atoms with van der Waals surface area (Å²) < 4.78 is 20.1. The first-order chi connectivity index (χ1) is 14.8. The highest BCUT2D eigenvalue weighted by Crippen LogP contribution is 2.32. The minimum atomic E-state index is -0.794. The molecule has 31 heavy (non-hydrogen) atoms. The molecule has 0 unspecified atom stereocenters. The Kier molecular flexibility index (Phi) is 5.76. The zero-order chi connectivity index (χ0) is 22.1. The number of hydrogen-bond acceptors (Lipinski definition) is 4. The number of primary amides is 1. The van der Waals surface area contributed by atoms with Gasteiger partial charge in [-0.25, -0.2) is 9.37 Å². The standard InChI is InChI=1S/C24H26FN3O3/c1-14(2)11-22(29)28-9-7-15(8-10-28)24-27-20-13-17(4-6-21(20)31-24)16-3-5-18(23(26)30)19(25)12-16/h3-6,12-15H,7-11H2,1-2H3,(H2,26,30). The quantitative estimate of drug-likeness (QED) is 0.655. The number of rotatable bonds is 5. The van der Waals surface area contributed by atoms with E-state index in [1.807, 2.05) is 23.1 Å². The maximum absolute atomic E-state index is 14.1. The average molecular weight is 423 g/mol. The third kappa shape index (κ3) is 4.45. The number of hydrogen-bond donors (Lipinski definition) is 1. The summed E-state index contributed by atoms with van der Waals surface area (Å²) in [6.07, 6.45) is 2.23. The maximum atomic E-state index is 14.1. The van der Waals surface area contributed by atoms with Crippen LogP contribution in [0.25, 0.3) is 22.2 Å². The molecule has 1 aliphatic heterocycles. The van der Waals surface area contributed by atoms with E-state index in [4.69, 9.17) is 10.2 Å². The number of piperidine rings is 1. The summed E-state index contributed by atoms with van der Waals surface area (Å²) in [7, 11) is 0. The lowest BCUT2D eigenvalue weighted by Gasteiger charge is -2.31. The molecule has 2 aromatic carbocycles. The lowest BCUT2D eigenvalue weighted by molar-refractivity contribution is -0.133. The van der Waals surface area contributed by atoms with E-state index < -0.39 is 11.7 Å². The molecule has 1 aliphatic rings. The molecule has 4 rings (SSSR count). The number of likely N-dealkylation sites (tertiary alicyclic amines) is 1. The van der Waals surface area contributed by atoms with Gasteiger partial charge in [0.2, 0.25) is 5.91 Å². The number of carbonyl (C=O) groups excluding carboxylic acids is 2. The van der Waals surface area contributed by atoms with E-state index in [2.05, 4.69) is 18.8 Å². The van der Waals surface area contributed by atoms with Crippen molar-refractivity contribution >= 4 is 22.9 Å². The number of nitrogens with two attached hydrogens (primary N) is 1. The molecule has 1 aromatic heterocycles. The normalized spacial score (nSPS) is 15.0. The van der Waals surface area contributed by atoms with Gasteiger partial charge in [-0.3, -0.25) is 9.59 Å². The van der Waals surface area contributed by atoms with Crippen molar-refractivity contribution in [3.63, 3.8) is 0 Å². The molecule has 0 radical (unpaired) electrons. The van der Waals surface area contributed by atoms with Crippen LogP contribution in [0.3, 0.4) is 0 Å². The molecule has 162 valence electrons. The van der Waals surface area contributed by atoms with Crippen LogP contribution < -0.4 is 5.73 Å². The summed E-state index contributed by atoms with van der Waals surface area (Å²) in [5, 5.41) is 0. The fraction of sp³-hybridized carbons (Fsp3) is 0.375. The molecule has 2 amide bonds. The second-order valence-corrected chi connectivity index (χ2v) is 8.55. The van der Waals surface area contributed by atoms with Crippen molar-refractivity contribution in [2.24, 2.45) is 11.7 Å². The van der Waals surface area contributed by atoms with Crippen LogP contribution in [-0.4, -0.2) is 34.8 Å². The molecular weight excluding hydrogens is 397 g/mol. The number of amides is 2. The minimum absolute atomic E-state index is 0.133. The van der Waals surface area contributed by atoms with Gasteiger partial charge >= 0.3 is 0 Å². The van der Waals surface area contributed by atoms with Crippen LogP contribution in [0.1, 0.15) is 55.3 Å². The smallest absolute Gasteiger partial charge is 0.251 e. The maximum Gasteiger partial charge on any atom is 0.251 e. The average Bonchev–Trinajstić information content (AvgIpc) is 3.16. The van der Waals surface area contributed by atoms with Crippen LogP contribution >= 0.6 is 0 Å². The third-order valence-corrected chi connectivity index (χ3v) is 5.75. The molecule has 6 nitrogen and oxygen atoms in total. The van der Waals surface area contributed by atoms with Gasteiger partial charge in [-0.05, 0) is 54.2 Å². The van der Waals surface area contributed by atoms with Gasteiger partial charge in [-0.1, -0.05) is 26.0 Å². The van der Waals surface area contributed by atoms with E-state index in [-0.39, 0.29) is 17.4 Å². The molecule has 0 spiro atoms.